The molecule has 148 valence electrons. The van der Waals surface area contributed by atoms with Crippen LogP contribution < -0.4 is 0 Å². The van der Waals surface area contributed by atoms with Crippen LogP contribution in [0.25, 0.3) is 0 Å². The normalized spacial score (nSPS) is 25.7. The van der Waals surface area contributed by atoms with Crippen LogP contribution in [0.2, 0.25) is 0 Å². The average molecular weight is 478 g/mol. The van der Waals surface area contributed by atoms with Gasteiger partial charge in [0.15, 0.2) is 23.0 Å². The lowest BCUT2D eigenvalue weighted by Crippen LogP contribution is -2.47. The van der Waals surface area contributed by atoms with E-state index in [-0.39, 0.29) is 28.3 Å². The summed E-state index contributed by atoms with van der Waals surface area (Å²) in [6.45, 7) is 9.40. The maximum absolute atomic E-state index is 12.9. The molecule has 0 bridgehead atoms. The van der Waals surface area contributed by atoms with Crippen molar-refractivity contribution >= 4 is 39.9 Å². The number of carbonyl (C=O) groups excluding carboxylic acids is 3. The molecule has 2 N–H and O–H groups in total. The molecule has 0 heterocycles. The van der Waals surface area contributed by atoms with Gasteiger partial charge in [0.2, 0.25) is 0 Å². The summed E-state index contributed by atoms with van der Waals surface area (Å²) in [5.74, 6) is -3.64. The van der Waals surface area contributed by atoms with Gasteiger partial charge in [0.05, 0.1) is 5.92 Å². The van der Waals surface area contributed by atoms with Crippen LogP contribution in [0.15, 0.2) is 11.3 Å². The van der Waals surface area contributed by atoms with Gasteiger partial charge >= 0.3 is 0 Å². The zero-order valence-corrected chi connectivity index (χ0v) is 18.5. The standard InChI is InChI=1S/C20H31IO5/c1-6-12(4)17(23)16-18(24)14(9-7-11(2)3)20(26,19(16)25)15(22)10-8-13(5)21/h11-14,25-26H,6-10H2,1-5H3/t12?,13?,14?,20-/m0/s1. The molecule has 0 aromatic rings. The predicted molar refractivity (Wildman–Crippen MR) is 109 cm³/mol. The predicted octanol–water partition coefficient (Wildman–Crippen LogP) is 3.95. The summed E-state index contributed by atoms with van der Waals surface area (Å²) >= 11 is 2.18. The van der Waals surface area contributed by atoms with E-state index < -0.39 is 40.5 Å². The lowest BCUT2D eigenvalue weighted by molar-refractivity contribution is -0.145. The molecular formula is C20H31IO5. The Kier molecular flexibility index (Phi) is 8.45. The molecule has 0 aromatic heterocycles. The highest BCUT2D eigenvalue weighted by molar-refractivity contribution is 14.1. The maximum atomic E-state index is 12.9. The van der Waals surface area contributed by atoms with Gasteiger partial charge in [-0.3, -0.25) is 14.4 Å². The molecular weight excluding hydrogens is 447 g/mol. The second kappa shape index (κ2) is 9.44. The number of rotatable bonds is 10. The molecule has 1 rings (SSSR count). The third-order valence-electron chi connectivity index (χ3n) is 5.20. The van der Waals surface area contributed by atoms with Crippen molar-refractivity contribution in [3.8, 4) is 0 Å². The molecule has 6 heteroatoms. The van der Waals surface area contributed by atoms with Crippen LogP contribution in [0.5, 0.6) is 0 Å². The summed E-state index contributed by atoms with van der Waals surface area (Å²) in [4.78, 5) is 38.3. The second-order valence-electron chi connectivity index (χ2n) is 7.79. The molecule has 1 aliphatic rings. The summed E-state index contributed by atoms with van der Waals surface area (Å²) in [5, 5.41) is 21.8. The van der Waals surface area contributed by atoms with Gasteiger partial charge in [-0.25, -0.2) is 0 Å². The molecule has 0 radical (unpaired) electrons. The van der Waals surface area contributed by atoms with Crippen molar-refractivity contribution < 1.29 is 24.6 Å². The average Bonchev–Trinajstić information content (AvgIpc) is 2.76. The molecule has 0 saturated heterocycles. The minimum absolute atomic E-state index is 0.0565. The Morgan fingerprint density at radius 3 is 2.23 bits per heavy atom. The van der Waals surface area contributed by atoms with Gasteiger partial charge in [-0.05, 0) is 25.2 Å². The number of Topliss-reactive ketones (excluding diaryl/α,β-unsaturated/α-hetero) is 3. The molecule has 5 nitrogen and oxygen atoms in total. The minimum atomic E-state index is -2.27. The molecule has 0 aromatic carbocycles. The number of aliphatic hydroxyl groups excluding tert-OH is 1. The first-order chi connectivity index (χ1) is 12.0. The third-order valence-corrected chi connectivity index (χ3v) is 5.82. The van der Waals surface area contributed by atoms with E-state index >= 15 is 0 Å². The highest BCUT2D eigenvalue weighted by atomic mass is 127. The number of hydrogen-bond acceptors (Lipinski definition) is 5. The van der Waals surface area contributed by atoms with Crippen LogP contribution in [0, 0.1) is 17.8 Å². The van der Waals surface area contributed by atoms with Crippen LogP contribution >= 0.6 is 22.6 Å². The monoisotopic (exact) mass is 478 g/mol. The van der Waals surface area contributed by atoms with Gasteiger partial charge in [-0.2, -0.15) is 0 Å². The van der Waals surface area contributed by atoms with Crippen molar-refractivity contribution in [2.24, 2.45) is 17.8 Å². The Labute approximate surface area is 169 Å². The van der Waals surface area contributed by atoms with E-state index in [1.807, 2.05) is 27.7 Å². The number of carbonyl (C=O) groups is 3. The molecule has 26 heavy (non-hydrogen) atoms. The van der Waals surface area contributed by atoms with Gasteiger partial charge in [0, 0.05) is 16.3 Å². The highest BCUT2D eigenvalue weighted by Crippen LogP contribution is 2.42. The first-order valence-electron chi connectivity index (χ1n) is 9.40. The van der Waals surface area contributed by atoms with Crippen molar-refractivity contribution in [2.45, 2.75) is 76.2 Å². The van der Waals surface area contributed by atoms with E-state index in [2.05, 4.69) is 22.6 Å². The molecule has 3 unspecified atom stereocenters. The van der Waals surface area contributed by atoms with Crippen LogP contribution in [-0.2, 0) is 14.4 Å². The van der Waals surface area contributed by atoms with Crippen molar-refractivity contribution in [3.05, 3.63) is 11.3 Å². The molecule has 0 aliphatic heterocycles. The lowest BCUT2D eigenvalue weighted by Gasteiger charge is -2.28. The quantitative estimate of drug-likeness (QED) is 0.282. The minimum Gasteiger partial charge on any atom is -0.508 e. The fourth-order valence-corrected chi connectivity index (χ4v) is 3.50. The number of aliphatic hydroxyl groups is 2. The number of ketones is 3. The summed E-state index contributed by atoms with van der Waals surface area (Å²) in [7, 11) is 0. The van der Waals surface area contributed by atoms with E-state index in [1.54, 1.807) is 6.92 Å². The van der Waals surface area contributed by atoms with E-state index in [0.29, 0.717) is 19.3 Å². The number of hydrogen-bond donors (Lipinski definition) is 2. The fraction of sp³-hybridized carbons (Fsp3) is 0.750. The largest absolute Gasteiger partial charge is 0.508 e. The second-order valence-corrected chi connectivity index (χ2v) is 9.92. The number of alkyl halides is 1. The molecule has 0 spiro atoms. The summed E-state index contributed by atoms with van der Waals surface area (Å²) < 4.78 is 0.221. The lowest BCUT2D eigenvalue weighted by atomic mass is 9.79. The van der Waals surface area contributed by atoms with Gasteiger partial charge in [0.1, 0.15) is 11.3 Å². The first-order valence-corrected chi connectivity index (χ1v) is 10.6. The summed E-state index contributed by atoms with van der Waals surface area (Å²) in [6, 6.07) is 0. The molecule has 1 aliphatic carbocycles. The number of halogens is 1. The van der Waals surface area contributed by atoms with Crippen LogP contribution in [0.4, 0.5) is 0 Å². The molecule has 0 fully saturated rings. The van der Waals surface area contributed by atoms with Crippen LogP contribution in [0.1, 0.15) is 66.7 Å². The number of allylic oxidation sites excluding steroid dienone is 1. The smallest absolute Gasteiger partial charge is 0.190 e. The van der Waals surface area contributed by atoms with E-state index in [0.717, 1.165) is 0 Å². The Hall–Kier alpha value is -0.760. The maximum Gasteiger partial charge on any atom is 0.190 e. The zero-order valence-electron chi connectivity index (χ0n) is 16.3. The first kappa shape index (κ1) is 23.3. The highest BCUT2D eigenvalue weighted by Gasteiger charge is 2.58. The SMILES string of the molecule is CCC(C)C(=O)C1=C(O)[C@@](O)(C(=O)CCC(C)I)C(CCC(C)C)C1=O. The molecule has 4 atom stereocenters. The summed E-state index contributed by atoms with van der Waals surface area (Å²) in [5.41, 5.74) is -2.64. The van der Waals surface area contributed by atoms with Crippen molar-refractivity contribution in [3.63, 3.8) is 0 Å². The Morgan fingerprint density at radius 1 is 1.19 bits per heavy atom. The van der Waals surface area contributed by atoms with Crippen LogP contribution in [0.3, 0.4) is 0 Å². The topological polar surface area (TPSA) is 91.7 Å². The Morgan fingerprint density at radius 2 is 1.77 bits per heavy atom. The van der Waals surface area contributed by atoms with Gasteiger partial charge in [-0.1, -0.05) is 63.6 Å². The Balaban J connectivity index is 3.31. The van der Waals surface area contributed by atoms with Crippen molar-refractivity contribution in [1.29, 1.82) is 0 Å². The van der Waals surface area contributed by atoms with Gasteiger partial charge < -0.3 is 10.2 Å². The van der Waals surface area contributed by atoms with E-state index in [4.69, 9.17) is 0 Å². The van der Waals surface area contributed by atoms with Gasteiger partial charge in [-0.15, -0.1) is 0 Å². The van der Waals surface area contributed by atoms with Crippen LogP contribution in [-0.4, -0.2) is 37.1 Å². The summed E-state index contributed by atoms with van der Waals surface area (Å²) in [6.07, 6.45) is 1.99. The molecule has 0 saturated carbocycles. The van der Waals surface area contributed by atoms with Crippen molar-refractivity contribution in [2.75, 3.05) is 0 Å². The zero-order chi connectivity index (χ0) is 20.2. The third kappa shape index (κ3) is 4.74. The van der Waals surface area contributed by atoms with Crippen molar-refractivity contribution in [1.82, 2.24) is 0 Å². The Bertz CT molecular complexity index is 593. The van der Waals surface area contributed by atoms with Gasteiger partial charge in [0.25, 0.3) is 0 Å². The van der Waals surface area contributed by atoms with E-state index in [9.17, 15) is 24.6 Å². The fourth-order valence-electron chi connectivity index (χ4n) is 3.19. The van der Waals surface area contributed by atoms with E-state index in [1.165, 1.54) is 0 Å². The molecule has 0 amide bonds.